The van der Waals surface area contributed by atoms with Crippen LogP contribution in [0.5, 0.6) is 0 Å². The highest BCUT2D eigenvalue weighted by Crippen LogP contribution is 2.35. The van der Waals surface area contributed by atoms with Gasteiger partial charge in [0.05, 0.1) is 12.3 Å². The van der Waals surface area contributed by atoms with Crippen molar-refractivity contribution in [3.05, 3.63) is 63.9 Å². The molecule has 0 saturated heterocycles. The van der Waals surface area contributed by atoms with Gasteiger partial charge in [0, 0.05) is 33.0 Å². The molecule has 4 rings (SSSR count). The summed E-state index contributed by atoms with van der Waals surface area (Å²) in [6.45, 7) is 0.376. The van der Waals surface area contributed by atoms with Gasteiger partial charge in [0.25, 0.3) is 0 Å². The number of nitrogens with zero attached hydrogens (tertiary/aromatic N) is 2. The van der Waals surface area contributed by atoms with Crippen molar-refractivity contribution in [2.75, 3.05) is 0 Å². The quantitative estimate of drug-likeness (QED) is 0.685. The van der Waals surface area contributed by atoms with Crippen LogP contribution in [0.25, 0.3) is 16.8 Å². The van der Waals surface area contributed by atoms with E-state index in [9.17, 15) is 5.02 Å². The largest absolute Gasteiger partial charge is 0.491 e. The van der Waals surface area contributed by atoms with Gasteiger partial charge in [0.1, 0.15) is 0 Å². The fourth-order valence-electron chi connectivity index (χ4n) is 2.79. The molecule has 0 bridgehead atoms. The van der Waals surface area contributed by atoms with Gasteiger partial charge in [-0.3, -0.25) is 0 Å². The van der Waals surface area contributed by atoms with Crippen molar-refractivity contribution in [1.29, 1.82) is 0 Å². The van der Waals surface area contributed by atoms with E-state index in [0.29, 0.717) is 11.6 Å². The summed E-state index contributed by atoms with van der Waals surface area (Å²) >= 11 is 10.0. The second-order valence-electron chi connectivity index (χ2n) is 5.31. The average molecular weight is 389 g/mol. The highest BCUT2D eigenvalue weighted by molar-refractivity contribution is 9.10. The van der Waals surface area contributed by atoms with Crippen LogP contribution in [0.3, 0.4) is 0 Å². The van der Waals surface area contributed by atoms with E-state index in [0.717, 1.165) is 32.3 Å². The first kappa shape index (κ1) is 15.0. The Bertz CT molecular complexity index is 886. The minimum atomic E-state index is -0.902. The molecule has 1 aromatic heterocycles. The summed E-state index contributed by atoms with van der Waals surface area (Å²) in [5, 5.41) is 14.9. The van der Waals surface area contributed by atoms with E-state index in [2.05, 4.69) is 21.0 Å². The Kier molecular flexibility index (Phi) is 3.77. The predicted octanol–water partition coefficient (Wildman–Crippen LogP) is 3.17. The molecule has 1 N–H and O–H groups in total. The molecule has 2 aromatic carbocycles. The molecule has 3 aromatic rings. The van der Waals surface area contributed by atoms with Crippen LogP contribution in [-0.2, 0) is 11.3 Å². The van der Waals surface area contributed by atoms with E-state index in [1.807, 2.05) is 42.6 Å². The van der Waals surface area contributed by atoms with Crippen LogP contribution in [0.4, 0.5) is 0 Å². The fraction of sp³-hybridized carbons (Fsp3) is 0.0625. The summed E-state index contributed by atoms with van der Waals surface area (Å²) in [4.78, 5) is 0. The van der Waals surface area contributed by atoms with Gasteiger partial charge < -0.3 is 9.68 Å². The Balaban J connectivity index is 1.95. The lowest BCUT2D eigenvalue weighted by molar-refractivity contribution is 0.275. The van der Waals surface area contributed by atoms with Crippen LogP contribution >= 0.6 is 27.5 Å². The number of rotatable bonds is 2. The standard InChI is InChI=1S/C16H11BBrClN2O2/c18-11-2-3-16(21-5-1-4-20-21)13(7-11)12-8-14-10(6-15(12)19)9-23-17(14)22/h1-8,22H,9H2. The van der Waals surface area contributed by atoms with Crippen LogP contribution in [0.15, 0.2) is 53.3 Å². The zero-order valence-electron chi connectivity index (χ0n) is 11.9. The van der Waals surface area contributed by atoms with Gasteiger partial charge in [-0.2, -0.15) is 5.10 Å². The smallest absolute Gasteiger partial charge is 0.423 e. The SMILES string of the molecule is OB1OCc2cc(Cl)c(-c3cc(Br)ccc3-n3cccn3)cc21. The molecule has 0 aliphatic carbocycles. The van der Waals surface area contributed by atoms with Gasteiger partial charge in [0.2, 0.25) is 0 Å². The Morgan fingerprint density at radius 2 is 2.13 bits per heavy atom. The monoisotopic (exact) mass is 388 g/mol. The molecular weight excluding hydrogens is 378 g/mol. The van der Waals surface area contributed by atoms with Crippen molar-refractivity contribution < 1.29 is 9.68 Å². The van der Waals surface area contributed by atoms with Crippen LogP contribution in [0, 0.1) is 0 Å². The Morgan fingerprint density at radius 3 is 2.91 bits per heavy atom. The Labute approximate surface area is 146 Å². The van der Waals surface area contributed by atoms with Crippen molar-refractivity contribution in [1.82, 2.24) is 9.78 Å². The van der Waals surface area contributed by atoms with E-state index >= 15 is 0 Å². The summed E-state index contributed by atoms with van der Waals surface area (Å²) in [5.74, 6) is 0. The molecule has 0 atom stereocenters. The third-order valence-electron chi connectivity index (χ3n) is 3.89. The van der Waals surface area contributed by atoms with Gasteiger partial charge >= 0.3 is 7.12 Å². The highest BCUT2D eigenvalue weighted by Gasteiger charge is 2.29. The van der Waals surface area contributed by atoms with Gasteiger partial charge in [0.15, 0.2) is 0 Å². The lowest BCUT2D eigenvalue weighted by atomic mass is 9.78. The van der Waals surface area contributed by atoms with Crippen molar-refractivity contribution >= 4 is 40.1 Å². The number of hydrogen-bond donors (Lipinski definition) is 1. The van der Waals surface area contributed by atoms with E-state index in [1.54, 1.807) is 10.9 Å². The Morgan fingerprint density at radius 1 is 1.26 bits per heavy atom. The molecule has 7 heteroatoms. The number of fused-ring (bicyclic) bond motifs is 1. The van der Waals surface area contributed by atoms with Crippen LogP contribution in [-0.4, -0.2) is 21.9 Å². The van der Waals surface area contributed by atoms with Gasteiger partial charge in [-0.25, -0.2) is 4.68 Å². The summed E-state index contributed by atoms with van der Waals surface area (Å²) < 4.78 is 8.00. The molecule has 1 aliphatic rings. The third-order valence-corrected chi connectivity index (χ3v) is 4.70. The maximum Gasteiger partial charge on any atom is 0.491 e. The number of benzene rings is 2. The first-order chi connectivity index (χ1) is 11.1. The minimum Gasteiger partial charge on any atom is -0.423 e. The second-order valence-corrected chi connectivity index (χ2v) is 6.63. The van der Waals surface area contributed by atoms with E-state index in [1.165, 1.54) is 0 Å². The predicted molar refractivity (Wildman–Crippen MR) is 94.1 cm³/mol. The number of hydrogen-bond acceptors (Lipinski definition) is 3. The van der Waals surface area contributed by atoms with Gasteiger partial charge in [-0.15, -0.1) is 0 Å². The molecule has 0 unspecified atom stereocenters. The molecule has 0 amide bonds. The molecular formula is C16H11BBrClN2O2. The summed E-state index contributed by atoms with van der Waals surface area (Å²) in [6.07, 6.45) is 3.61. The summed E-state index contributed by atoms with van der Waals surface area (Å²) in [6, 6.07) is 11.5. The molecule has 0 fully saturated rings. The molecule has 23 heavy (non-hydrogen) atoms. The average Bonchev–Trinajstić information content (AvgIpc) is 3.17. The van der Waals surface area contributed by atoms with Crippen molar-refractivity contribution in [2.45, 2.75) is 6.61 Å². The summed E-state index contributed by atoms with van der Waals surface area (Å²) in [7, 11) is -0.902. The van der Waals surface area contributed by atoms with Crippen LogP contribution in [0.1, 0.15) is 5.56 Å². The third kappa shape index (κ3) is 2.62. The molecule has 114 valence electrons. The maximum atomic E-state index is 9.96. The van der Waals surface area contributed by atoms with Crippen molar-refractivity contribution in [2.24, 2.45) is 0 Å². The molecule has 1 aliphatic heterocycles. The normalized spacial score (nSPS) is 13.4. The molecule has 0 radical (unpaired) electrons. The number of halogens is 2. The first-order valence-corrected chi connectivity index (χ1v) is 8.22. The first-order valence-electron chi connectivity index (χ1n) is 7.05. The van der Waals surface area contributed by atoms with Crippen molar-refractivity contribution in [3.8, 4) is 16.8 Å². The van der Waals surface area contributed by atoms with E-state index < -0.39 is 7.12 Å². The topological polar surface area (TPSA) is 47.3 Å². The zero-order chi connectivity index (χ0) is 16.0. The van der Waals surface area contributed by atoms with Gasteiger partial charge in [-0.1, -0.05) is 33.6 Å². The van der Waals surface area contributed by atoms with Crippen LogP contribution < -0.4 is 5.46 Å². The molecule has 0 saturated carbocycles. The minimum absolute atomic E-state index is 0.376. The number of aromatic nitrogens is 2. The van der Waals surface area contributed by atoms with Crippen LogP contribution in [0.2, 0.25) is 5.02 Å². The van der Waals surface area contributed by atoms with Crippen molar-refractivity contribution in [3.63, 3.8) is 0 Å². The lowest BCUT2D eigenvalue weighted by Gasteiger charge is -2.13. The Hall–Kier alpha value is -1.60. The second kappa shape index (κ2) is 5.80. The zero-order valence-corrected chi connectivity index (χ0v) is 14.3. The molecule has 4 nitrogen and oxygen atoms in total. The summed E-state index contributed by atoms with van der Waals surface area (Å²) in [5.41, 5.74) is 4.35. The molecule has 0 spiro atoms. The lowest BCUT2D eigenvalue weighted by Crippen LogP contribution is -2.28. The van der Waals surface area contributed by atoms with E-state index in [4.69, 9.17) is 16.3 Å². The molecule has 2 heterocycles. The maximum absolute atomic E-state index is 9.96. The van der Waals surface area contributed by atoms with E-state index in [-0.39, 0.29) is 0 Å². The fourth-order valence-corrected chi connectivity index (χ4v) is 3.44. The van der Waals surface area contributed by atoms with Gasteiger partial charge in [-0.05, 0) is 41.4 Å². The highest BCUT2D eigenvalue weighted by atomic mass is 79.9.